The van der Waals surface area contributed by atoms with E-state index in [-0.39, 0.29) is 0 Å². The molecule has 0 bridgehead atoms. The lowest BCUT2D eigenvalue weighted by molar-refractivity contribution is 1.68. The van der Waals surface area contributed by atoms with Crippen molar-refractivity contribution in [1.29, 1.82) is 0 Å². The summed E-state index contributed by atoms with van der Waals surface area (Å²) in [6.07, 6.45) is 0. The van der Waals surface area contributed by atoms with Crippen molar-refractivity contribution in [3.05, 3.63) is 45.1 Å². The molecule has 66 valence electrons. The van der Waals surface area contributed by atoms with Gasteiger partial charge < -0.3 is 0 Å². The first-order chi connectivity index (χ1) is 6.27. The second-order valence-electron chi connectivity index (χ2n) is 2.60. The molecule has 0 nitrogen and oxygen atoms in total. The summed E-state index contributed by atoms with van der Waals surface area (Å²) in [5, 5.41) is 0. The zero-order chi connectivity index (χ0) is 9.26. The second kappa shape index (κ2) is 3.70. The van der Waals surface area contributed by atoms with E-state index in [2.05, 4.69) is 0 Å². The molecule has 0 saturated heterocycles. The number of halogens is 2. The Morgan fingerprint density at radius 2 is 1.69 bits per heavy atom. The first-order valence-electron chi connectivity index (χ1n) is 3.77. The number of hydrogen-bond donors (Lipinski definition) is 0. The summed E-state index contributed by atoms with van der Waals surface area (Å²) in [7, 11) is 0. The molecule has 0 amide bonds. The van der Waals surface area contributed by atoms with Crippen LogP contribution in [0.25, 0.3) is 11.1 Å². The van der Waals surface area contributed by atoms with Crippen molar-refractivity contribution in [2.75, 3.05) is 0 Å². The van der Waals surface area contributed by atoms with Crippen LogP contribution in [-0.4, -0.2) is 0 Å². The second-order valence-corrected chi connectivity index (χ2v) is 4.89. The number of rotatable bonds is 1. The van der Waals surface area contributed by atoms with Crippen LogP contribution in [0, 0.1) is 0 Å². The molecule has 1 aromatic carbocycles. The molecule has 0 fully saturated rings. The Balaban J connectivity index is 2.53. The van der Waals surface area contributed by atoms with Crippen LogP contribution >= 0.6 is 34.5 Å². The monoisotopic (exact) mass is 228 g/mol. The van der Waals surface area contributed by atoms with Crippen LogP contribution in [0.5, 0.6) is 0 Å². The lowest BCUT2D eigenvalue weighted by atomic mass is 10.1. The van der Waals surface area contributed by atoms with Crippen molar-refractivity contribution >= 4 is 34.5 Å². The van der Waals surface area contributed by atoms with Gasteiger partial charge in [-0.05, 0) is 11.6 Å². The molecular formula is C10H6Cl2S. The van der Waals surface area contributed by atoms with Gasteiger partial charge in [-0.25, -0.2) is 0 Å². The average Bonchev–Trinajstić information content (AvgIpc) is 2.47. The topological polar surface area (TPSA) is 0 Å². The molecule has 1 aromatic heterocycles. The van der Waals surface area contributed by atoms with Crippen molar-refractivity contribution in [3.8, 4) is 11.1 Å². The molecule has 1 heterocycles. The van der Waals surface area contributed by atoms with Crippen LogP contribution in [0.15, 0.2) is 36.4 Å². The van der Waals surface area contributed by atoms with Gasteiger partial charge in [-0.2, -0.15) is 0 Å². The number of hydrogen-bond acceptors (Lipinski definition) is 1. The molecule has 0 N–H and O–H groups in total. The van der Waals surface area contributed by atoms with Gasteiger partial charge in [0.05, 0.1) is 4.34 Å². The van der Waals surface area contributed by atoms with Gasteiger partial charge in [-0.1, -0.05) is 53.5 Å². The Labute approximate surface area is 90.7 Å². The Morgan fingerprint density at radius 3 is 2.23 bits per heavy atom. The maximum atomic E-state index is 6.01. The van der Waals surface area contributed by atoms with Gasteiger partial charge in [-0.3, -0.25) is 0 Å². The fraction of sp³-hybridized carbons (Fsp3) is 0. The molecule has 0 aliphatic carbocycles. The quantitative estimate of drug-likeness (QED) is 0.663. The highest BCUT2D eigenvalue weighted by Crippen LogP contribution is 2.37. The standard InChI is InChI=1S/C10H6Cl2S/c11-9-6-8(10(12)13-9)7-4-2-1-3-5-7/h1-6H. The van der Waals surface area contributed by atoms with Crippen LogP contribution < -0.4 is 0 Å². The molecular weight excluding hydrogens is 223 g/mol. The van der Waals surface area contributed by atoms with E-state index in [1.165, 1.54) is 11.3 Å². The van der Waals surface area contributed by atoms with Crippen LogP contribution in [-0.2, 0) is 0 Å². The zero-order valence-electron chi connectivity index (χ0n) is 6.63. The molecule has 13 heavy (non-hydrogen) atoms. The molecule has 0 atom stereocenters. The molecule has 0 unspecified atom stereocenters. The predicted molar refractivity (Wildman–Crippen MR) is 59.8 cm³/mol. The third-order valence-electron chi connectivity index (χ3n) is 1.74. The summed E-state index contributed by atoms with van der Waals surface area (Å²) in [5.74, 6) is 0. The van der Waals surface area contributed by atoms with E-state index in [9.17, 15) is 0 Å². The maximum absolute atomic E-state index is 6.01. The summed E-state index contributed by atoms with van der Waals surface area (Å²) in [4.78, 5) is 0. The van der Waals surface area contributed by atoms with E-state index >= 15 is 0 Å². The Morgan fingerprint density at radius 1 is 1.00 bits per heavy atom. The minimum absolute atomic E-state index is 0.726. The lowest BCUT2D eigenvalue weighted by Crippen LogP contribution is -1.71. The Kier molecular flexibility index (Phi) is 2.58. The number of thiophene rings is 1. The van der Waals surface area contributed by atoms with Gasteiger partial charge in [-0.15, -0.1) is 11.3 Å². The van der Waals surface area contributed by atoms with Gasteiger partial charge in [0, 0.05) is 5.56 Å². The molecule has 0 aliphatic heterocycles. The smallest absolute Gasteiger partial charge is 0.102 e. The lowest BCUT2D eigenvalue weighted by Gasteiger charge is -1.96. The average molecular weight is 229 g/mol. The molecule has 0 saturated carbocycles. The molecule has 0 spiro atoms. The van der Waals surface area contributed by atoms with E-state index < -0.39 is 0 Å². The van der Waals surface area contributed by atoms with Crippen molar-refractivity contribution in [2.45, 2.75) is 0 Å². The summed E-state index contributed by atoms with van der Waals surface area (Å²) in [5.41, 5.74) is 2.12. The fourth-order valence-electron chi connectivity index (χ4n) is 1.15. The highest BCUT2D eigenvalue weighted by molar-refractivity contribution is 7.20. The van der Waals surface area contributed by atoms with Gasteiger partial charge >= 0.3 is 0 Å². The minimum Gasteiger partial charge on any atom is -0.111 e. The first kappa shape index (κ1) is 9.07. The fourth-order valence-corrected chi connectivity index (χ4v) is 2.66. The van der Waals surface area contributed by atoms with Gasteiger partial charge in [0.2, 0.25) is 0 Å². The van der Waals surface area contributed by atoms with E-state index in [1.807, 2.05) is 36.4 Å². The van der Waals surface area contributed by atoms with Crippen LogP contribution in [0.3, 0.4) is 0 Å². The van der Waals surface area contributed by atoms with Crippen molar-refractivity contribution < 1.29 is 0 Å². The normalized spacial score (nSPS) is 10.3. The van der Waals surface area contributed by atoms with Gasteiger partial charge in [0.25, 0.3) is 0 Å². The Bertz CT molecular complexity index is 406. The summed E-state index contributed by atoms with van der Waals surface area (Å²) >= 11 is 13.3. The SMILES string of the molecule is Clc1cc(-c2ccccc2)c(Cl)s1. The van der Waals surface area contributed by atoms with Crippen LogP contribution in [0.2, 0.25) is 8.67 Å². The largest absolute Gasteiger partial charge is 0.111 e. The maximum Gasteiger partial charge on any atom is 0.102 e. The third kappa shape index (κ3) is 1.88. The summed E-state index contributed by atoms with van der Waals surface area (Å²) in [6.45, 7) is 0. The first-order valence-corrected chi connectivity index (χ1v) is 5.35. The van der Waals surface area contributed by atoms with Gasteiger partial charge in [0.15, 0.2) is 0 Å². The molecule has 2 rings (SSSR count). The summed E-state index contributed by atoms with van der Waals surface area (Å²) < 4.78 is 1.47. The zero-order valence-corrected chi connectivity index (χ0v) is 8.96. The highest BCUT2D eigenvalue weighted by atomic mass is 35.5. The van der Waals surface area contributed by atoms with Crippen molar-refractivity contribution in [2.24, 2.45) is 0 Å². The van der Waals surface area contributed by atoms with Crippen molar-refractivity contribution in [1.82, 2.24) is 0 Å². The van der Waals surface area contributed by atoms with E-state index in [0.717, 1.165) is 19.8 Å². The van der Waals surface area contributed by atoms with E-state index in [0.29, 0.717) is 0 Å². The van der Waals surface area contributed by atoms with E-state index in [4.69, 9.17) is 23.2 Å². The van der Waals surface area contributed by atoms with Crippen LogP contribution in [0.4, 0.5) is 0 Å². The minimum atomic E-state index is 0.726. The third-order valence-corrected chi connectivity index (χ3v) is 3.23. The molecule has 3 heteroatoms. The molecule has 0 aliphatic rings. The van der Waals surface area contributed by atoms with Crippen LogP contribution in [0.1, 0.15) is 0 Å². The number of benzene rings is 1. The predicted octanol–water partition coefficient (Wildman–Crippen LogP) is 4.72. The molecule has 2 aromatic rings. The van der Waals surface area contributed by atoms with E-state index in [1.54, 1.807) is 0 Å². The molecule has 0 radical (unpaired) electrons. The Hall–Kier alpha value is -0.500. The highest BCUT2D eigenvalue weighted by Gasteiger charge is 2.06. The van der Waals surface area contributed by atoms with Gasteiger partial charge in [0.1, 0.15) is 4.34 Å². The van der Waals surface area contributed by atoms with Crippen molar-refractivity contribution in [3.63, 3.8) is 0 Å². The summed E-state index contributed by atoms with van der Waals surface area (Å²) in [6, 6.07) is 11.9.